The molecule has 0 atom stereocenters. The third-order valence-corrected chi connectivity index (χ3v) is 4.26. The average molecular weight is 318 g/mol. The van der Waals surface area contributed by atoms with Crippen molar-refractivity contribution < 1.29 is 14.3 Å². The molecule has 22 heavy (non-hydrogen) atoms. The first kappa shape index (κ1) is 16.0. The summed E-state index contributed by atoms with van der Waals surface area (Å²) in [5.41, 5.74) is 0.937. The van der Waals surface area contributed by atoms with E-state index in [0.717, 1.165) is 11.3 Å². The van der Waals surface area contributed by atoms with Crippen molar-refractivity contribution in [3.8, 4) is 0 Å². The number of esters is 1. The van der Waals surface area contributed by atoms with Crippen molar-refractivity contribution in [2.75, 3.05) is 12.4 Å². The molecule has 2 rings (SSSR count). The largest absolute Gasteiger partial charge is 0.465 e. The van der Waals surface area contributed by atoms with Gasteiger partial charge >= 0.3 is 12.0 Å². The van der Waals surface area contributed by atoms with Gasteiger partial charge in [-0.2, -0.15) is 0 Å². The summed E-state index contributed by atoms with van der Waals surface area (Å²) >= 11 is 1.69. The van der Waals surface area contributed by atoms with Crippen LogP contribution in [0.2, 0.25) is 0 Å². The fraction of sp³-hybridized carbons (Fsp3) is 0.250. The molecule has 5 nitrogen and oxygen atoms in total. The number of thiophene rings is 1. The molecule has 0 spiro atoms. The predicted octanol–water partition coefficient (Wildman–Crippen LogP) is 3.42. The number of aryl methyl sites for hydroxylation is 1. The van der Waals surface area contributed by atoms with Gasteiger partial charge in [-0.05, 0) is 36.8 Å². The maximum atomic E-state index is 11.9. The molecule has 0 aliphatic rings. The number of nitrogens with one attached hydrogen (secondary N) is 2. The highest BCUT2D eigenvalue weighted by molar-refractivity contribution is 7.11. The van der Waals surface area contributed by atoms with E-state index in [-0.39, 0.29) is 6.03 Å². The number of hydrogen-bond acceptors (Lipinski definition) is 4. The zero-order valence-corrected chi connectivity index (χ0v) is 13.3. The van der Waals surface area contributed by atoms with E-state index in [2.05, 4.69) is 28.4 Å². The van der Waals surface area contributed by atoms with E-state index in [9.17, 15) is 9.59 Å². The normalized spacial score (nSPS) is 10.1. The fourth-order valence-electron chi connectivity index (χ4n) is 1.89. The van der Waals surface area contributed by atoms with Gasteiger partial charge in [-0.1, -0.05) is 13.0 Å². The molecule has 2 aromatic rings. The Morgan fingerprint density at radius 2 is 1.95 bits per heavy atom. The quantitative estimate of drug-likeness (QED) is 0.830. The molecule has 116 valence electrons. The van der Waals surface area contributed by atoms with Gasteiger partial charge in [-0.15, -0.1) is 11.3 Å². The second-order valence-corrected chi connectivity index (χ2v) is 5.85. The lowest BCUT2D eigenvalue weighted by atomic mass is 10.2. The third kappa shape index (κ3) is 4.33. The molecular weight excluding hydrogens is 300 g/mol. The average Bonchev–Trinajstić information content (AvgIpc) is 3.00. The molecule has 0 bridgehead atoms. The van der Waals surface area contributed by atoms with E-state index in [1.807, 2.05) is 6.07 Å². The first-order valence-corrected chi connectivity index (χ1v) is 7.75. The molecule has 0 fully saturated rings. The minimum Gasteiger partial charge on any atom is -0.465 e. The highest BCUT2D eigenvalue weighted by Crippen LogP contribution is 2.16. The van der Waals surface area contributed by atoms with Gasteiger partial charge in [0.15, 0.2) is 0 Å². The minimum atomic E-state index is -0.435. The Kier molecular flexibility index (Phi) is 5.55. The number of rotatable bonds is 5. The summed E-state index contributed by atoms with van der Waals surface area (Å²) in [6.45, 7) is 2.58. The van der Waals surface area contributed by atoms with Crippen molar-refractivity contribution in [3.63, 3.8) is 0 Å². The van der Waals surface area contributed by atoms with Crippen LogP contribution in [0.3, 0.4) is 0 Å². The van der Waals surface area contributed by atoms with Crippen molar-refractivity contribution in [2.24, 2.45) is 0 Å². The molecule has 1 aromatic heterocycles. The van der Waals surface area contributed by atoms with Crippen molar-refractivity contribution >= 4 is 29.0 Å². The van der Waals surface area contributed by atoms with Gasteiger partial charge in [-0.25, -0.2) is 9.59 Å². The van der Waals surface area contributed by atoms with Gasteiger partial charge in [-0.3, -0.25) is 0 Å². The van der Waals surface area contributed by atoms with Crippen LogP contribution in [0.1, 0.15) is 27.0 Å². The molecule has 1 aromatic carbocycles. The number of carbonyl (C=O) groups is 2. The highest BCUT2D eigenvalue weighted by atomic mass is 32.1. The Balaban J connectivity index is 1.90. The molecule has 2 N–H and O–H groups in total. The van der Waals surface area contributed by atoms with Gasteiger partial charge in [0, 0.05) is 15.4 Å². The Morgan fingerprint density at radius 1 is 1.18 bits per heavy atom. The van der Waals surface area contributed by atoms with Crippen molar-refractivity contribution in [3.05, 3.63) is 51.7 Å². The van der Waals surface area contributed by atoms with Crippen LogP contribution in [-0.4, -0.2) is 19.1 Å². The summed E-state index contributed by atoms with van der Waals surface area (Å²) < 4.78 is 4.65. The summed E-state index contributed by atoms with van der Waals surface area (Å²) in [5.74, 6) is -0.435. The Morgan fingerprint density at radius 3 is 2.64 bits per heavy atom. The smallest absolute Gasteiger partial charge is 0.337 e. The lowest BCUT2D eigenvalue weighted by molar-refractivity contribution is 0.0600. The fourth-order valence-corrected chi connectivity index (χ4v) is 2.79. The molecule has 0 radical (unpaired) electrons. The first-order chi connectivity index (χ1) is 10.6. The number of amides is 2. The van der Waals surface area contributed by atoms with Crippen LogP contribution in [-0.2, 0) is 17.7 Å². The zero-order valence-electron chi connectivity index (χ0n) is 12.5. The third-order valence-electron chi connectivity index (χ3n) is 3.03. The van der Waals surface area contributed by atoms with Crippen LogP contribution in [0.5, 0.6) is 0 Å². The number of ether oxygens (including phenoxy) is 1. The lowest BCUT2D eigenvalue weighted by Crippen LogP contribution is -2.27. The summed E-state index contributed by atoms with van der Waals surface area (Å²) in [5, 5.41) is 5.49. The van der Waals surface area contributed by atoms with E-state index in [4.69, 9.17) is 0 Å². The number of urea groups is 1. The number of carbonyl (C=O) groups excluding carboxylic acids is 2. The molecular formula is C16H18N2O3S. The summed E-state index contributed by atoms with van der Waals surface area (Å²) in [4.78, 5) is 25.7. The molecule has 0 aliphatic carbocycles. The van der Waals surface area contributed by atoms with E-state index in [0.29, 0.717) is 17.8 Å². The number of anilines is 1. The van der Waals surface area contributed by atoms with E-state index in [1.165, 1.54) is 12.0 Å². The van der Waals surface area contributed by atoms with E-state index >= 15 is 0 Å². The van der Waals surface area contributed by atoms with Crippen LogP contribution in [0, 0.1) is 0 Å². The first-order valence-electron chi connectivity index (χ1n) is 6.93. The molecule has 1 heterocycles. The van der Waals surface area contributed by atoms with Gasteiger partial charge < -0.3 is 15.4 Å². The van der Waals surface area contributed by atoms with Crippen LogP contribution in [0.15, 0.2) is 36.4 Å². The number of methoxy groups -OCH3 is 1. The monoisotopic (exact) mass is 318 g/mol. The standard InChI is InChI=1S/C16H18N2O3S/c1-3-13-7-8-14(22-13)10-17-16(20)18-12-6-4-5-11(9-12)15(19)21-2/h4-9H,3,10H2,1-2H3,(H2,17,18,20). The van der Waals surface area contributed by atoms with Gasteiger partial charge in [0.25, 0.3) is 0 Å². The number of hydrogen-bond donors (Lipinski definition) is 2. The second kappa shape index (κ2) is 7.61. The van der Waals surface area contributed by atoms with Crippen molar-refractivity contribution in [1.82, 2.24) is 5.32 Å². The van der Waals surface area contributed by atoms with Crippen molar-refractivity contribution in [1.29, 1.82) is 0 Å². The maximum absolute atomic E-state index is 11.9. The highest BCUT2D eigenvalue weighted by Gasteiger charge is 2.08. The second-order valence-electron chi connectivity index (χ2n) is 4.60. The number of benzene rings is 1. The summed E-state index contributed by atoms with van der Waals surface area (Å²) in [7, 11) is 1.32. The molecule has 0 saturated carbocycles. The van der Waals surface area contributed by atoms with Crippen LogP contribution >= 0.6 is 11.3 Å². The molecule has 0 saturated heterocycles. The maximum Gasteiger partial charge on any atom is 0.337 e. The Hall–Kier alpha value is -2.34. The topological polar surface area (TPSA) is 67.4 Å². The van der Waals surface area contributed by atoms with Gasteiger partial charge in [0.2, 0.25) is 0 Å². The molecule has 6 heteroatoms. The molecule has 0 aliphatic heterocycles. The Bertz CT molecular complexity index is 667. The van der Waals surface area contributed by atoms with Crippen LogP contribution < -0.4 is 10.6 Å². The van der Waals surface area contributed by atoms with E-state index < -0.39 is 5.97 Å². The Labute approximate surface area is 133 Å². The molecule has 0 unspecified atom stereocenters. The SMILES string of the molecule is CCc1ccc(CNC(=O)Nc2cccc(C(=O)OC)c2)s1. The summed E-state index contributed by atoms with van der Waals surface area (Å²) in [6.07, 6.45) is 0.997. The van der Waals surface area contributed by atoms with Crippen LogP contribution in [0.25, 0.3) is 0 Å². The lowest BCUT2D eigenvalue weighted by Gasteiger charge is -2.08. The summed E-state index contributed by atoms with van der Waals surface area (Å²) in [6, 6.07) is 10.4. The predicted molar refractivity (Wildman–Crippen MR) is 87.3 cm³/mol. The minimum absolute atomic E-state index is 0.312. The zero-order chi connectivity index (χ0) is 15.9. The van der Waals surface area contributed by atoms with E-state index in [1.54, 1.807) is 35.6 Å². The van der Waals surface area contributed by atoms with Crippen molar-refractivity contribution in [2.45, 2.75) is 19.9 Å². The molecule has 2 amide bonds. The van der Waals surface area contributed by atoms with Gasteiger partial charge in [0.05, 0.1) is 19.2 Å². The van der Waals surface area contributed by atoms with Gasteiger partial charge in [0.1, 0.15) is 0 Å². The van der Waals surface area contributed by atoms with Crippen LogP contribution in [0.4, 0.5) is 10.5 Å².